The Kier molecular flexibility index (Phi) is 8.54. The van der Waals surface area contributed by atoms with Crippen LogP contribution in [-0.4, -0.2) is 55.5 Å². The summed E-state index contributed by atoms with van der Waals surface area (Å²) in [7, 11) is 3.78. The van der Waals surface area contributed by atoms with Gasteiger partial charge < -0.3 is 25.1 Å². The van der Waals surface area contributed by atoms with E-state index in [1.807, 2.05) is 47.5 Å². The average Bonchev–Trinajstić information content (AvgIpc) is 3.88. The summed E-state index contributed by atoms with van der Waals surface area (Å²) in [5.74, 6) is 1.01. The molecule has 2 amide bonds. The van der Waals surface area contributed by atoms with Gasteiger partial charge in [-0.3, -0.25) is 14.5 Å². The lowest BCUT2D eigenvalue weighted by atomic mass is 9.81. The number of aromatic nitrogens is 4. The first-order chi connectivity index (χ1) is 23.7. The van der Waals surface area contributed by atoms with Gasteiger partial charge in [0.15, 0.2) is 11.6 Å². The number of carbonyl (C=O) groups is 2. The maximum absolute atomic E-state index is 13.6. The van der Waals surface area contributed by atoms with Gasteiger partial charge in [-0.2, -0.15) is 0 Å². The van der Waals surface area contributed by atoms with Gasteiger partial charge in [-0.15, -0.1) is 0 Å². The van der Waals surface area contributed by atoms with Crippen LogP contribution in [0.2, 0.25) is 10.0 Å². The Labute approximate surface area is 296 Å². The lowest BCUT2D eigenvalue weighted by Crippen LogP contribution is -2.34. The van der Waals surface area contributed by atoms with Crippen molar-refractivity contribution >= 4 is 46.4 Å². The fourth-order valence-electron chi connectivity index (χ4n) is 8.72. The Hall–Kier alpha value is -3.70. The summed E-state index contributed by atoms with van der Waals surface area (Å²) in [5.41, 5.74) is 6.78. The predicted octanol–water partition coefficient (Wildman–Crippen LogP) is 6.61. The van der Waals surface area contributed by atoms with Gasteiger partial charge in [0.05, 0.1) is 32.8 Å². The fourth-order valence-corrected chi connectivity index (χ4v) is 9.27. The second-order valence-corrected chi connectivity index (χ2v) is 15.1. The van der Waals surface area contributed by atoms with Gasteiger partial charge in [0.1, 0.15) is 0 Å². The largest absolute Gasteiger partial charge is 0.327 e. The van der Waals surface area contributed by atoms with Crippen molar-refractivity contribution in [3.05, 3.63) is 80.9 Å². The Morgan fingerprint density at radius 3 is 2.04 bits per heavy atom. The third-order valence-electron chi connectivity index (χ3n) is 11.5. The SMILES string of the molecule is Cn1c(C(=O)Nc2cccc(-c3cccc(NC(=O)c4nc5c(n4C)CCN(CCC46CCC(CC4)C6)C5)c3Cl)c2Cl)nc2c1CCNC2. The van der Waals surface area contributed by atoms with E-state index in [-0.39, 0.29) is 11.8 Å². The number of fused-ring (bicyclic) bond motifs is 4. The van der Waals surface area contributed by atoms with Crippen LogP contribution in [0.5, 0.6) is 0 Å². The number of imidazole rings is 2. The zero-order valence-corrected chi connectivity index (χ0v) is 29.6. The molecule has 0 saturated heterocycles. The maximum Gasteiger partial charge on any atom is 0.291 e. The minimum absolute atomic E-state index is 0.315. The Morgan fingerprint density at radius 1 is 0.878 bits per heavy atom. The lowest BCUT2D eigenvalue weighted by molar-refractivity contribution is 0.100. The van der Waals surface area contributed by atoms with Crippen molar-refractivity contribution < 1.29 is 9.59 Å². The highest BCUT2D eigenvalue weighted by Crippen LogP contribution is 2.56. The second kappa shape index (κ2) is 12.9. The number of hydrogen-bond acceptors (Lipinski definition) is 6. The summed E-state index contributed by atoms with van der Waals surface area (Å²) in [4.78, 5) is 38.9. The monoisotopic (exact) mass is 700 g/mol. The molecule has 2 aliphatic carbocycles. The number of halogens is 2. The van der Waals surface area contributed by atoms with E-state index in [9.17, 15) is 9.59 Å². The van der Waals surface area contributed by atoms with Crippen LogP contribution in [0.3, 0.4) is 0 Å². The summed E-state index contributed by atoms with van der Waals surface area (Å²) in [6, 6.07) is 10.8. The number of nitrogens with zero attached hydrogens (tertiary/aromatic N) is 5. The highest BCUT2D eigenvalue weighted by Gasteiger charge is 2.44. The van der Waals surface area contributed by atoms with Gasteiger partial charge in [-0.05, 0) is 68.5 Å². The summed E-state index contributed by atoms with van der Waals surface area (Å²) in [5, 5.41) is 9.91. The molecule has 12 heteroatoms. The highest BCUT2D eigenvalue weighted by molar-refractivity contribution is 6.40. The number of anilines is 2. The summed E-state index contributed by atoms with van der Waals surface area (Å²) >= 11 is 13.8. The number of carbonyl (C=O) groups excluding carboxylic acids is 2. The minimum atomic E-state index is -0.343. The molecule has 4 heterocycles. The first-order valence-corrected chi connectivity index (χ1v) is 18.2. The molecule has 2 aromatic carbocycles. The van der Waals surface area contributed by atoms with Crippen molar-refractivity contribution in [3.8, 4) is 11.1 Å². The van der Waals surface area contributed by atoms with Crippen molar-refractivity contribution in [1.82, 2.24) is 29.3 Å². The van der Waals surface area contributed by atoms with Crippen LogP contribution in [0.15, 0.2) is 36.4 Å². The van der Waals surface area contributed by atoms with Crippen LogP contribution in [-0.2, 0) is 40.0 Å². The van der Waals surface area contributed by atoms with E-state index in [2.05, 4.69) is 25.8 Å². The molecule has 0 spiro atoms. The van der Waals surface area contributed by atoms with E-state index < -0.39 is 0 Å². The molecule has 2 aliphatic heterocycles. The van der Waals surface area contributed by atoms with Crippen molar-refractivity contribution in [2.45, 2.75) is 64.5 Å². The number of benzene rings is 2. The lowest BCUT2D eigenvalue weighted by Gasteiger charge is -2.32. The molecule has 4 aliphatic rings. The van der Waals surface area contributed by atoms with Crippen molar-refractivity contribution in [1.29, 1.82) is 0 Å². The van der Waals surface area contributed by atoms with Crippen molar-refractivity contribution in [2.24, 2.45) is 25.4 Å². The smallest absolute Gasteiger partial charge is 0.291 e. The van der Waals surface area contributed by atoms with E-state index in [1.165, 1.54) is 38.5 Å². The third kappa shape index (κ3) is 5.96. The standard InChI is InChI=1S/C37H42Cl2N8O2/c1-45-29-11-16-40-20-27(29)41-33(45)35(48)43-25-7-3-5-23(31(25)38)24-6-4-8-26(32(24)39)44-36(49)34-42-28-21-47(17-12-30(28)46(34)2)18-15-37-13-9-22(19-37)10-14-37/h3-8,22,40H,9-21H2,1-2H3,(H,43,48)(H,44,49). The Morgan fingerprint density at radius 2 is 1.47 bits per heavy atom. The summed E-state index contributed by atoms with van der Waals surface area (Å²) in [6.07, 6.45) is 10.0. The van der Waals surface area contributed by atoms with Crippen molar-refractivity contribution in [3.63, 3.8) is 0 Å². The van der Waals surface area contributed by atoms with E-state index in [1.54, 1.807) is 12.1 Å². The molecule has 49 heavy (non-hydrogen) atoms. The molecular weight excluding hydrogens is 659 g/mol. The van der Waals surface area contributed by atoms with E-state index >= 15 is 0 Å². The maximum atomic E-state index is 13.6. The quantitative estimate of drug-likeness (QED) is 0.191. The van der Waals surface area contributed by atoms with Gasteiger partial charge in [0.2, 0.25) is 0 Å². The van der Waals surface area contributed by atoms with Crippen LogP contribution >= 0.6 is 23.2 Å². The molecule has 4 aromatic rings. The topological polar surface area (TPSA) is 109 Å². The average molecular weight is 702 g/mol. The molecular formula is C37H42Cl2N8O2. The number of hydrogen-bond donors (Lipinski definition) is 3. The number of amides is 2. The van der Waals surface area contributed by atoms with E-state index in [4.69, 9.17) is 28.2 Å². The first-order valence-electron chi connectivity index (χ1n) is 17.4. The zero-order chi connectivity index (χ0) is 33.9. The van der Waals surface area contributed by atoms with Gasteiger partial charge >= 0.3 is 0 Å². The second-order valence-electron chi connectivity index (χ2n) is 14.4. The summed E-state index contributed by atoms with van der Waals surface area (Å²) < 4.78 is 3.77. The van der Waals surface area contributed by atoms with Crippen LogP contribution in [0.1, 0.15) is 82.5 Å². The third-order valence-corrected chi connectivity index (χ3v) is 12.3. The van der Waals surface area contributed by atoms with Crippen LogP contribution in [0.4, 0.5) is 11.4 Å². The van der Waals surface area contributed by atoms with Gasteiger partial charge in [0, 0.05) is 75.6 Å². The van der Waals surface area contributed by atoms with Gasteiger partial charge in [-0.1, -0.05) is 47.5 Å². The molecule has 2 bridgehead atoms. The molecule has 10 nitrogen and oxygen atoms in total. The van der Waals surface area contributed by atoms with Crippen molar-refractivity contribution in [2.75, 3.05) is 30.3 Å². The summed E-state index contributed by atoms with van der Waals surface area (Å²) in [6.45, 7) is 4.35. The van der Waals surface area contributed by atoms with Gasteiger partial charge in [-0.25, -0.2) is 9.97 Å². The van der Waals surface area contributed by atoms with Crippen LogP contribution in [0.25, 0.3) is 11.1 Å². The van der Waals surface area contributed by atoms with Crippen LogP contribution < -0.4 is 16.0 Å². The van der Waals surface area contributed by atoms with Gasteiger partial charge in [0.25, 0.3) is 11.8 Å². The fraction of sp³-hybridized carbons (Fsp3) is 0.459. The Bertz CT molecular complexity index is 1960. The molecule has 0 radical (unpaired) electrons. The minimum Gasteiger partial charge on any atom is -0.327 e. The first kappa shape index (κ1) is 32.5. The zero-order valence-electron chi connectivity index (χ0n) is 28.0. The van der Waals surface area contributed by atoms with Crippen LogP contribution in [0, 0.1) is 11.3 Å². The molecule has 3 N–H and O–H groups in total. The molecule has 8 rings (SSSR count). The normalized spacial score (nSPS) is 21.4. The van der Waals surface area contributed by atoms with E-state index in [0.717, 1.165) is 67.7 Å². The molecule has 2 fully saturated rings. The highest BCUT2D eigenvalue weighted by atomic mass is 35.5. The Balaban J connectivity index is 0.969. The number of rotatable bonds is 8. The molecule has 0 atom stereocenters. The molecule has 256 valence electrons. The van der Waals surface area contributed by atoms with E-state index in [0.29, 0.717) is 56.2 Å². The number of nitrogens with one attached hydrogen (secondary N) is 3. The molecule has 0 unspecified atom stereocenters. The molecule has 2 aromatic heterocycles. The molecule has 2 saturated carbocycles. The predicted molar refractivity (Wildman–Crippen MR) is 192 cm³/mol.